The molecule has 2 unspecified atom stereocenters. The van der Waals surface area contributed by atoms with Crippen molar-refractivity contribution >= 4 is 23.2 Å². The SMILES string of the molecule is Cc1cccc(NC(=O)C2CC2C(=O)Nc2ccc(C)c(C)c2)c1. The van der Waals surface area contributed by atoms with Crippen LogP contribution in [0.2, 0.25) is 0 Å². The van der Waals surface area contributed by atoms with Gasteiger partial charge in [0, 0.05) is 11.4 Å². The van der Waals surface area contributed by atoms with Crippen LogP contribution in [-0.4, -0.2) is 11.8 Å². The van der Waals surface area contributed by atoms with E-state index in [1.54, 1.807) is 0 Å². The maximum atomic E-state index is 12.3. The highest BCUT2D eigenvalue weighted by atomic mass is 16.2. The van der Waals surface area contributed by atoms with E-state index in [2.05, 4.69) is 10.6 Å². The highest BCUT2D eigenvalue weighted by Crippen LogP contribution is 2.40. The third-order valence-electron chi connectivity index (χ3n) is 4.52. The number of amides is 2. The fourth-order valence-corrected chi connectivity index (χ4v) is 2.79. The first-order valence-electron chi connectivity index (χ1n) is 8.19. The van der Waals surface area contributed by atoms with Gasteiger partial charge in [0.15, 0.2) is 0 Å². The molecule has 0 aromatic heterocycles. The Morgan fingerprint density at radius 2 is 1.46 bits per heavy atom. The van der Waals surface area contributed by atoms with Crippen molar-refractivity contribution in [1.82, 2.24) is 0 Å². The molecule has 0 radical (unpaired) electrons. The van der Waals surface area contributed by atoms with E-state index in [0.717, 1.165) is 22.5 Å². The van der Waals surface area contributed by atoms with Crippen molar-refractivity contribution in [2.75, 3.05) is 10.6 Å². The summed E-state index contributed by atoms with van der Waals surface area (Å²) in [5, 5.41) is 5.80. The van der Waals surface area contributed by atoms with Gasteiger partial charge < -0.3 is 10.6 Å². The molecule has 24 heavy (non-hydrogen) atoms. The minimum Gasteiger partial charge on any atom is -0.326 e. The summed E-state index contributed by atoms with van der Waals surface area (Å²) in [6.07, 6.45) is 0.605. The Morgan fingerprint density at radius 3 is 2.04 bits per heavy atom. The third-order valence-corrected chi connectivity index (χ3v) is 4.52. The maximum absolute atomic E-state index is 12.3. The zero-order valence-corrected chi connectivity index (χ0v) is 14.2. The smallest absolute Gasteiger partial charge is 0.228 e. The van der Waals surface area contributed by atoms with Gasteiger partial charge in [0.25, 0.3) is 0 Å². The number of benzene rings is 2. The van der Waals surface area contributed by atoms with Crippen LogP contribution in [-0.2, 0) is 9.59 Å². The minimum atomic E-state index is -0.239. The molecular weight excluding hydrogens is 300 g/mol. The predicted octanol–water partition coefficient (Wildman–Crippen LogP) is 3.83. The number of carbonyl (C=O) groups is 2. The molecule has 2 aromatic rings. The van der Waals surface area contributed by atoms with Crippen LogP contribution in [0.3, 0.4) is 0 Å². The average molecular weight is 322 g/mol. The number of hydrogen-bond acceptors (Lipinski definition) is 2. The first-order valence-corrected chi connectivity index (χ1v) is 8.19. The molecule has 2 amide bonds. The molecule has 2 aromatic carbocycles. The summed E-state index contributed by atoms with van der Waals surface area (Å²) >= 11 is 0. The van der Waals surface area contributed by atoms with Crippen LogP contribution in [0.4, 0.5) is 11.4 Å². The van der Waals surface area contributed by atoms with Gasteiger partial charge in [-0.05, 0) is 68.1 Å². The highest BCUT2D eigenvalue weighted by Gasteiger charge is 2.48. The first kappa shape index (κ1) is 16.2. The molecule has 0 heterocycles. The standard InChI is InChI=1S/C20H22N2O2/c1-12-5-4-6-15(9-12)21-19(23)17-11-18(17)20(24)22-16-8-7-13(2)14(3)10-16/h4-10,17-18H,11H2,1-3H3,(H,21,23)(H,22,24). The Morgan fingerprint density at radius 1 is 0.833 bits per heavy atom. The average Bonchev–Trinajstić information content (AvgIpc) is 3.32. The van der Waals surface area contributed by atoms with Crippen molar-refractivity contribution in [3.63, 3.8) is 0 Å². The topological polar surface area (TPSA) is 58.2 Å². The van der Waals surface area contributed by atoms with Crippen LogP contribution < -0.4 is 10.6 Å². The van der Waals surface area contributed by atoms with Gasteiger partial charge in [0.05, 0.1) is 11.8 Å². The second kappa shape index (κ2) is 6.48. The Kier molecular flexibility index (Phi) is 4.38. The van der Waals surface area contributed by atoms with E-state index in [4.69, 9.17) is 0 Å². The van der Waals surface area contributed by atoms with Crippen LogP contribution >= 0.6 is 0 Å². The number of hydrogen-bond donors (Lipinski definition) is 2. The fourth-order valence-electron chi connectivity index (χ4n) is 2.79. The van der Waals surface area contributed by atoms with Gasteiger partial charge in [0.1, 0.15) is 0 Å². The van der Waals surface area contributed by atoms with Crippen LogP contribution in [0.25, 0.3) is 0 Å². The summed E-state index contributed by atoms with van der Waals surface area (Å²) in [5.41, 5.74) is 4.98. The minimum absolute atomic E-state index is 0.0809. The lowest BCUT2D eigenvalue weighted by atomic mass is 10.1. The lowest BCUT2D eigenvalue weighted by molar-refractivity contribution is -0.122. The van der Waals surface area contributed by atoms with Crippen molar-refractivity contribution in [1.29, 1.82) is 0 Å². The molecule has 2 N–H and O–H groups in total. The van der Waals surface area contributed by atoms with E-state index in [9.17, 15) is 9.59 Å². The van der Waals surface area contributed by atoms with Crippen molar-refractivity contribution < 1.29 is 9.59 Å². The van der Waals surface area contributed by atoms with Crippen molar-refractivity contribution in [3.05, 3.63) is 59.2 Å². The number of carbonyl (C=O) groups excluding carboxylic acids is 2. The van der Waals surface area contributed by atoms with Crippen LogP contribution in [0, 0.1) is 32.6 Å². The Balaban J connectivity index is 1.57. The van der Waals surface area contributed by atoms with Gasteiger partial charge in [0.2, 0.25) is 11.8 Å². The first-order chi connectivity index (χ1) is 11.4. The molecule has 4 heteroatoms. The maximum Gasteiger partial charge on any atom is 0.228 e. The number of nitrogens with one attached hydrogen (secondary N) is 2. The molecule has 4 nitrogen and oxygen atoms in total. The van der Waals surface area contributed by atoms with Gasteiger partial charge in [-0.1, -0.05) is 18.2 Å². The summed E-state index contributed by atoms with van der Waals surface area (Å²) in [5.74, 6) is -0.642. The molecule has 0 spiro atoms. The number of anilines is 2. The Bertz CT molecular complexity index is 798. The zero-order valence-electron chi connectivity index (χ0n) is 14.2. The van der Waals surface area contributed by atoms with Gasteiger partial charge in [-0.2, -0.15) is 0 Å². The molecule has 3 rings (SSSR count). The van der Waals surface area contributed by atoms with Crippen molar-refractivity contribution in [3.8, 4) is 0 Å². The van der Waals surface area contributed by atoms with E-state index >= 15 is 0 Å². The van der Waals surface area contributed by atoms with Crippen LogP contribution in [0.1, 0.15) is 23.1 Å². The van der Waals surface area contributed by atoms with Crippen LogP contribution in [0.15, 0.2) is 42.5 Å². The van der Waals surface area contributed by atoms with E-state index in [1.165, 1.54) is 5.56 Å². The fraction of sp³-hybridized carbons (Fsp3) is 0.300. The molecule has 0 aliphatic heterocycles. The molecule has 0 bridgehead atoms. The number of aryl methyl sites for hydroxylation is 3. The van der Waals surface area contributed by atoms with Gasteiger partial charge in [-0.3, -0.25) is 9.59 Å². The lowest BCUT2D eigenvalue weighted by Gasteiger charge is -2.08. The summed E-state index contributed by atoms with van der Waals surface area (Å²) in [6.45, 7) is 6.03. The molecular formula is C20H22N2O2. The van der Waals surface area contributed by atoms with Gasteiger partial charge in [-0.15, -0.1) is 0 Å². The molecule has 1 saturated carbocycles. The quantitative estimate of drug-likeness (QED) is 0.899. The predicted molar refractivity (Wildman–Crippen MR) is 96.0 cm³/mol. The van der Waals surface area contributed by atoms with E-state index in [-0.39, 0.29) is 23.7 Å². The largest absolute Gasteiger partial charge is 0.326 e. The zero-order chi connectivity index (χ0) is 17.3. The van der Waals surface area contributed by atoms with E-state index in [0.29, 0.717) is 6.42 Å². The monoisotopic (exact) mass is 322 g/mol. The molecule has 1 aliphatic carbocycles. The second-order valence-corrected chi connectivity index (χ2v) is 6.60. The van der Waals surface area contributed by atoms with E-state index in [1.807, 2.05) is 63.2 Å². The highest BCUT2D eigenvalue weighted by molar-refractivity contribution is 6.03. The molecule has 1 aliphatic rings. The summed E-state index contributed by atoms with van der Waals surface area (Å²) in [7, 11) is 0. The normalized spacial score (nSPS) is 18.8. The summed E-state index contributed by atoms with van der Waals surface area (Å²) in [4.78, 5) is 24.6. The molecule has 2 atom stereocenters. The lowest BCUT2D eigenvalue weighted by Crippen LogP contribution is -2.20. The summed E-state index contributed by atoms with van der Waals surface area (Å²) < 4.78 is 0. The molecule has 124 valence electrons. The van der Waals surface area contributed by atoms with Crippen molar-refractivity contribution in [2.24, 2.45) is 11.8 Å². The second-order valence-electron chi connectivity index (χ2n) is 6.60. The van der Waals surface area contributed by atoms with Crippen molar-refractivity contribution in [2.45, 2.75) is 27.2 Å². The Hall–Kier alpha value is -2.62. The molecule has 0 saturated heterocycles. The number of rotatable bonds is 4. The van der Waals surface area contributed by atoms with Crippen LogP contribution in [0.5, 0.6) is 0 Å². The third kappa shape index (κ3) is 3.65. The molecule has 1 fully saturated rings. The van der Waals surface area contributed by atoms with E-state index < -0.39 is 0 Å². The Labute approximate surface area is 142 Å². The van der Waals surface area contributed by atoms with Gasteiger partial charge >= 0.3 is 0 Å². The van der Waals surface area contributed by atoms with Gasteiger partial charge in [-0.25, -0.2) is 0 Å². The summed E-state index contributed by atoms with van der Waals surface area (Å²) in [6, 6.07) is 13.5.